The summed E-state index contributed by atoms with van der Waals surface area (Å²) >= 11 is 11.2. The Bertz CT molecular complexity index is 604. The van der Waals surface area contributed by atoms with Crippen molar-refractivity contribution >= 4 is 34.8 Å². The number of hydrogen-bond acceptors (Lipinski definition) is 2. The number of carbonyl (C=O) groups is 1. The number of carbonyl (C=O) groups excluding carboxylic acids is 1. The lowest BCUT2D eigenvalue weighted by Gasteiger charge is -2.05. The van der Waals surface area contributed by atoms with E-state index in [1.807, 2.05) is 0 Å². The number of nitrogens with zero attached hydrogens (tertiary/aromatic N) is 1. The summed E-state index contributed by atoms with van der Waals surface area (Å²) in [5, 5.41) is 2.70. The van der Waals surface area contributed by atoms with Gasteiger partial charge in [0.2, 0.25) is 0 Å². The van der Waals surface area contributed by atoms with Crippen LogP contribution in [0.5, 0.6) is 0 Å². The van der Waals surface area contributed by atoms with Crippen LogP contribution in [0.25, 0.3) is 0 Å². The summed E-state index contributed by atoms with van der Waals surface area (Å²) in [5.41, 5.74) is 0.446. The quantitative estimate of drug-likeness (QED) is 0.853. The Morgan fingerprint density at radius 2 is 2.00 bits per heavy atom. The first kappa shape index (κ1) is 12.8. The second kappa shape index (κ2) is 5.33. The van der Waals surface area contributed by atoms with Gasteiger partial charge in [-0.3, -0.25) is 4.79 Å². The molecule has 0 saturated carbocycles. The Morgan fingerprint density at radius 1 is 1.22 bits per heavy atom. The maximum absolute atomic E-state index is 13.2. The van der Waals surface area contributed by atoms with Crippen molar-refractivity contribution in [3.8, 4) is 0 Å². The molecule has 0 aliphatic carbocycles. The minimum Gasteiger partial charge on any atom is -0.321 e. The molecule has 0 radical (unpaired) electrons. The maximum Gasteiger partial charge on any atom is 0.274 e. The van der Waals surface area contributed by atoms with Crippen LogP contribution >= 0.6 is 23.2 Å². The maximum atomic E-state index is 13.2. The predicted octanol–water partition coefficient (Wildman–Crippen LogP) is 3.78. The number of anilines is 1. The van der Waals surface area contributed by atoms with Gasteiger partial charge in [-0.15, -0.1) is 0 Å². The van der Waals surface area contributed by atoms with Crippen molar-refractivity contribution in [2.24, 2.45) is 0 Å². The molecule has 3 nitrogen and oxygen atoms in total. The molecule has 0 aliphatic rings. The summed E-state index contributed by atoms with van der Waals surface area (Å²) in [6.07, 6.45) is 0. The molecule has 0 spiro atoms. The normalized spacial score (nSPS) is 10.2. The number of benzene rings is 1. The third-order valence-corrected chi connectivity index (χ3v) is 2.64. The second-order valence-corrected chi connectivity index (χ2v) is 4.22. The molecular formula is C12H7Cl2FN2O. The van der Waals surface area contributed by atoms with Crippen molar-refractivity contribution in [1.29, 1.82) is 0 Å². The molecule has 6 heteroatoms. The molecule has 0 fully saturated rings. The van der Waals surface area contributed by atoms with Crippen molar-refractivity contribution in [1.82, 2.24) is 4.98 Å². The zero-order valence-electron chi connectivity index (χ0n) is 8.95. The minimum absolute atomic E-state index is 0.00567. The Hall–Kier alpha value is -1.65. The second-order valence-electron chi connectivity index (χ2n) is 3.43. The lowest BCUT2D eigenvalue weighted by Crippen LogP contribution is -2.13. The Balaban J connectivity index is 2.18. The third kappa shape index (κ3) is 2.97. The van der Waals surface area contributed by atoms with Crippen molar-refractivity contribution in [2.75, 3.05) is 5.32 Å². The van der Waals surface area contributed by atoms with Crippen LogP contribution < -0.4 is 5.32 Å². The molecule has 1 aromatic carbocycles. The fraction of sp³-hybridized carbons (Fsp3) is 0. The highest BCUT2D eigenvalue weighted by atomic mass is 35.5. The molecule has 1 N–H and O–H groups in total. The molecule has 0 saturated heterocycles. The molecule has 2 aromatic rings. The van der Waals surface area contributed by atoms with Crippen molar-refractivity contribution < 1.29 is 9.18 Å². The number of halogens is 3. The van der Waals surface area contributed by atoms with Crippen molar-refractivity contribution in [2.45, 2.75) is 0 Å². The van der Waals surface area contributed by atoms with Crippen LogP contribution in [0.15, 0.2) is 36.4 Å². The van der Waals surface area contributed by atoms with E-state index in [1.165, 1.54) is 18.2 Å². The molecule has 2 rings (SSSR count). The van der Waals surface area contributed by atoms with Gasteiger partial charge in [-0.25, -0.2) is 9.37 Å². The van der Waals surface area contributed by atoms with E-state index in [9.17, 15) is 9.18 Å². The van der Waals surface area contributed by atoms with Crippen LogP contribution in [0.4, 0.5) is 10.1 Å². The van der Waals surface area contributed by atoms with Gasteiger partial charge in [0.15, 0.2) is 0 Å². The van der Waals surface area contributed by atoms with E-state index < -0.39 is 11.7 Å². The standard InChI is InChI=1S/C12H7Cl2FN2O/c13-8-5-4-7(6-9(8)15)16-12(18)10-2-1-3-11(14)17-10/h1-6H,(H,16,18). The van der Waals surface area contributed by atoms with E-state index in [-0.39, 0.29) is 15.9 Å². The minimum atomic E-state index is -0.603. The van der Waals surface area contributed by atoms with Gasteiger partial charge in [-0.1, -0.05) is 29.3 Å². The molecule has 0 bridgehead atoms. The molecule has 0 atom stereocenters. The first-order valence-corrected chi connectivity index (χ1v) is 5.71. The van der Waals surface area contributed by atoms with E-state index in [1.54, 1.807) is 12.1 Å². The molecule has 92 valence electrons. The number of pyridine rings is 1. The topological polar surface area (TPSA) is 42.0 Å². The van der Waals surface area contributed by atoms with Crippen molar-refractivity contribution in [3.63, 3.8) is 0 Å². The van der Waals surface area contributed by atoms with Crippen LogP contribution in [-0.2, 0) is 0 Å². The predicted molar refractivity (Wildman–Crippen MR) is 68.6 cm³/mol. The Morgan fingerprint density at radius 3 is 2.67 bits per heavy atom. The summed E-state index contributed by atoms with van der Waals surface area (Å²) in [6, 6.07) is 8.65. The zero-order valence-corrected chi connectivity index (χ0v) is 10.5. The van der Waals surface area contributed by atoms with Crippen LogP contribution in [-0.4, -0.2) is 10.9 Å². The first-order valence-electron chi connectivity index (χ1n) is 4.95. The monoisotopic (exact) mass is 284 g/mol. The van der Waals surface area contributed by atoms with E-state index in [0.717, 1.165) is 6.07 Å². The highest BCUT2D eigenvalue weighted by molar-refractivity contribution is 6.30. The van der Waals surface area contributed by atoms with Gasteiger partial charge in [-0.05, 0) is 30.3 Å². The Labute approximate surface area is 113 Å². The largest absolute Gasteiger partial charge is 0.321 e. The van der Waals surface area contributed by atoms with Crippen molar-refractivity contribution in [3.05, 3.63) is 58.1 Å². The van der Waals surface area contributed by atoms with Gasteiger partial charge >= 0.3 is 0 Å². The number of rotatable bonds is 2. The molecule has 18 heavy (non-hydrogen) atoms. The van der Waals surface area contributed by atoms with Gasteiger partial charge < -0.3 is 5.32 Å². The fourth-order valence-electron chi connectivity index (χ4n) is 1.30. The van der Waals surface area contributed by atoms with Gasteiger partial charge in [0.05, 0.1) is 5.02 Å². The van der Waals surface area contributed by atoms with Gasteiger partial charge in [-0.2, -0.15) is 0 Å². The number of nitrogens with one attached hydrogen (secondary N) is 1. The molecule has 1 aromatic heterocycles. The van der Waals surface area contributed by atoms with Crippen LogP contribution in [0.2, 0.25) is 10.2 Å². The summed E-state index contributed by atoms with van der Waals surface area (Å²) < 4.78 is 13.2. The van der Waals surface area contributed by atoms with Gasteiger partial charge in [0.1, 0.15) is 16.7 Å². The number of aromatic nitrogens is 1. The van der Waals surface area contributed by atoms with E-state index in [4.69, 9.17) is 23.2 Å². The molecule has 0 unspecified atom stereocenters. The SMILES string of the molecule is O=C(Nc1ccc(Cl)c(F)c1)c1cccc(Cl)n1. The third-order valence-electron chi connectivity index (χ3n) is 2.13. The summed E-state index contributed by atoms with van der Waals surface area (Å²) in [5.74, 6) is -1.08. The van der Waals surface area contributed by atoms with E-state index >= 15 is 0 Å². The number of amides is 1. The lowest BCUT2D eigenvalue weighted by atomic mass is 10.3. The van der Waals surface area contributed by atoms with E-state index in [0.29, 0.717) is 5.69 Å². The Kier molecular flexibility index (Phi) is 3.79. The van der Waals surface area contributed by atoms with E-state index in [2.05, 4.69) is 10.3 Å². The highest BCUT2D eigenvalue weighted by Crippen LogP contribution is 2.19. The molecule has 1 heterocycles. The molecule has 0 aliphatic heterocycles. The zero-order chi connectivity index (χ0) is 13.1. The fourth-order valence-corrected chi connectivity index (χ4v) is 1.59. The summed E-state index contributed by atoms with van der Waals surface area (Å²) in [7, 11) is 0. The lowest BCUT2D eigenvalue weighted by molar-refractivity contribution is 0.102. The smallest absolute Gasteiger partial charge is 0.274 e. The van der Waals surface area contributed by atoms with Crippen LogP contribution in [0.1, 0.15) is 10.5 Å². The van der Waals surface area contributed by atoms with Gasteiger partial charge in [0, 0.05) is 5.69 Å². The van der Waals surface area contributed by atoms with Crippen LogP contribution in [0, 0.1) is 5.82 Å². The molecular weight excluding hydrogens is 278 g/mol. The number of hydrogen-bond donors (Lipinski definition) is 1. The molecule has 1 amide bonds. The average Bonchev–Trinajstić information content (AvgIpc) is 2.34. The summed E-state index contributed by atoms with van der Waals surface area (Å²) in [4.78, 5) is 15.6. The van der Waals surface area contributed by atoms with Gasteiger partial charge in [0.25, 0.3) is 5.91 Å². The highest BCUT2D eigenvalue weighted by Gasteiger charge is 2.09. The first-order chi connectivity index (χ1) is 8.56. The van der Waals surface area contributed by atoms with Crippen LogP contribution in [0.3, 0.4) is 0 Å². The average molecular weight is 285 g/mol. The summed E-state index contributed by atoms with van der Waals surface area (Å²) in [6.45, 7) is 0.